The maximum atomic E-state index is 13.6. The van der Waals surface area contributed by atoms with Crippen molar-refractivity contribution < 1.29 is 9.59 Å². The van der Waals surface area contributed by atoms with Gasteiger partial charge in [0.25, 0.3) is 0 Å². The van der Waals surface area contributed by atoms with E-state index in [1.54, 1.807) is 0 Å². The first-order valence-electron chi connectivity index (χ1n) is 13.5. The molecule has 6 heteroatoms. The highest BCUT2D eigenvalue weighted by Gasteiger charge is 2.33. The van der Waals surface area contributed by atoms with E-state index in [2.05, 4.69) is 54.5 Å². The summed E-state index contributed by atoms with van der Waals surface area (Å²) in [6.45, 7) is 8.14. The quantitative estimate of drug-likeness (QED) is 0.450. The van der Waals surface area contributed by atoms with Gasteiger partial charge in [-0.1, -0.05) is 61.5 Å². The lowest BCUT2D eigenvalue weighted by atomic mass is 9.90. The van der Waals surface area contributed by atoms with Crippen LogP contribution >= 0.6 is 11.3 Å². The van der Waals surface area contributed by atoms with E-state index in [1.807, 2.05) is 51.5 Å². The van der Waals surface area contributed by atoms with Gasteiger partial charge in [0, 0.05) is 37.6 Å². The molecule has 0 bridgehead atoms. The first-order chi connectivity index (χ1) is 18.1. The molecule has 0 spiro atoms. The molecule has 2 amide bonds. The predicted molar refractivity (Wildman–Crippen MR) is 150 cm³/mol. The lowest BCUT2D eigenvalue weighted by Gasteiger charge is -2.37. The Hall–Kier alpha value is -2.96. The molecule has 37 heavy (non-hydrogen) atoms. The molecule has 3 aromatic rings. The third-order valence-corrected chi connectivity index (χ3v) is 8.95. The number of rotatable bonds is 6. The fourth-order valence-electron chi connectivity index (χ4n) is 5.92. The van der Waals surface area contributed by atoms with Crippen LogP contribution in [0.25, 0.3) is 0 Å². The molecule has 1 aromatic heterocycles. The summed E-state index contributed by atoms with van der Waals surface area (Å²) >= 11 is 1.83. The molecule has 0 N–H and O–H groups in total. The molecule has 1 saturated heterocycles. The Balaban J connectivity index is 1.27. The van der Waals surface area contributed by atoms with Gasteiger partial charge < -0.3 is 9.80 Å². The molecule has 0 aliphatic carbocycles. The van der Waals surface area contributed by atoms with Crippen LogP contribution in [0, 0.1) is 6.92 Å². The van der Waals surface area contributed by atoms with Crippen LogP contribution < -0.4 is 0 Å². The molecule has 2 unspecified atom stereocenters. The number of nitrogens with zero attached hydrogens (tertiary/aromatic N) is 3. The maximum Gasteiger partial charge on any atom is 0.236 e. The van der Waals surface area contributed by atoms with Crippen molar-refractivity contribution in [3.63, 3.8) is 0 Å². The average Bonchev–Trinajstić information content (AvgIpc) is 3.25. The van der Waals surface area contributed by atoms with Crippen LogP contribution in [0.3, 0.4) is 0 Å². The van der Waals surface area contributed by atoms with Crippen molar-refractivity contribution in [1.82, 2.24) is 14.7 Å². The van der Waals surface area contributed by atoms with Crippen molar-refractivity contribution in [3.8, 4) is 0 Å². The van der Waals surface area contributed by atoms with Crippen molar-refractivity contribution in [2.45, 2.75) is 45.1 Å². The lowest BCUT2D eigenvalue weighted by molar-refractivity contribution is -0.135. The zero-order valence-electron chi connectivity index (χ0n) is 21.9. The predicted octanol–water partition coefficient (Wildman–Crippen LogP) is 5.26. The second-order valence-corrected chi connectivity index (χ2v) is 11.2. The summed E-state index contributed by atoms with van der Waals surface area (Å²) in [5, 5.41) is 2.18. The molecule has 194 valence electrons. The van der Waals surface area contributed by atoms with Crippen LogP contribution in [0.4, 0.5) is 0 Å². The first-order valence-corrected chi connectivity index (χ1v) is 14.4. The van der Waals surface area contributed by atoms with Gasteiger partial charge in [0.1, 0.15) is 0 Å². The second kappa shape index (κ2) is 11.6. The SMILES string of the molecule is CCC(C(=O)N1CCCN(C(=O)CN2CCc3sccc3C2c2ccccc2C)CC1)c1ccccc1. The number of carbonyl (C=O) groups is 2. The minimum atomic E-state index is -0.119. The van der Waals surface area contributed by atoms with Crippen LogP contribution in [-0.2, 0) is 16.0 Å². The highest BCUT2D eigenvalue weighted by atomic mass is 32.1. The van der Waals surface area contributed by atoms with E-state index in [1.165, 1.54) is 21.6 Å². The number of carbonyl (C=O) groups excluding carboxylic acids is 2. The Labute approximate surface area is 224 Å². The summed E-state index contributed by atoms with van der Waals surface area (Å²) < 4.78 is 0. The zero-order chi connectivity index (χ0) is 25.8. The first kappa shape index (κ1) is 25.7. The van der Waals surface area contributed by atoms with E-state index in [0.717, 1.165) is 31.4 Å². The van der Waals surface area contributed by atoms with Crippen LogP contribution in [0.1, 0.15) is 58.9 Å². The number of hydrogen-bond acceptors (Lipinski definition) is 4. The molecule has 3 heterocycles. The van der Waals surface area contributed by atoms with Gasteiger partial charge in [-0.15, -0.1) is 11.3 Å². The van der Waals surface area contributed by atoms with Crippen molar-refractivity contribution in [3.05, 3.63) is 93.2 Å². The van der Waals surface area contributed by atoms with Gasteiger partial charge in [-0.05, 0) is 59.9 Å². The largest absolute Gasteiger partial charge is 0.340 e. The summed E-state index contributed by atoms with van der Waals surface area (Å²) in [6.07, 6.45) is 2.59. The van der Waals surface area contributed by atoms with E-state index in [4.69, 9.17) is 0 Å². The van der Waals surface area contributed by atoms with Gasteiger partial charge in [0.15, 0.2) is 0 Å². The Kier molecular flexibility index (Phi) is 8.06. The standard InChI is InChI=1S/C31H37N3O2S/c1-3-25(24-11-5-4-6-12-24)31(36)33-17-9-16-32(19-20-33)29(35)22-34-18-14-28-27(15-21-37-28)30(34)26-13-8-7-10-23(26)2/h4-8,10-13,15,21,25,30H,3,9,14,16-20,22H2,1-2H3. The van der Waals surface area contributed by atoms with E-state index < -0.39 is 0 Å². The van der Waals surface area contributed by atoms with Crippen molar-refractivity contribution >= 4 is 23.2 Å². The van der Waals surface area contributed by atoms with Gasteiger partial charge >= 0.3 is 0 Å². The topological polar surface area (TPSA) is 43.9 Å². The highest BCUT2D eigenvalue weighted by Crippen LogP contribution is 2.38. The van der Waals surface area contributed by atoms with Gasteiger partial charge in [0.05, 0.1) is 18.5 Å². The number of aryl methyl sites for hydroxylation is 1. The number of amides is 2. The number of benzene rings is 2. The third-order valence-electron chi connectivity index (χ3n) is 7.96. The van der Waals surface area contributed by atoms with Crippen LogP contribution in [0.2, 0.25) is 0 Å². The van der Waals surface area contributed by atoms with Gasteiger partial charge in [-0.2, -0.15) is 0 Å². The monoisotopic (exact) mass is 515 g/mol. The molecule has 1 fully saturated rings. The molecule has 0 saturated carbocycles. The summed E-state index contributed by atoms with van der Waals surface area (Å²) in [4.78, 5) is 34.8. The molecular formula is C31H37N3O2S. The fourth-order valence-corrected chi connectivity index (χ4v) is 6.82. The second-order valence-electron chi connectivity index (χ2n) is 10.2. The van der Waals surface area contributed by atoms with Crippen molar-refractivity contribution in [2.75, 3.05) is 39.3 Å². The number of hydrogen-bond donors (Lipinski definition) is 0. The molecular weight excluding hydrogens is 478 g/mol. The lowest BCUT2D eigenvalue weighted by Crippen LogP contribution is -2.46. The molecule has 5 rings (SSSR count). The van der Waals surface area contributed by atoms with Gasteiger partial charge in [0.2, 0.25) is 11.8 Å². The number of fused-ring (bicyclic) bond motifs is 1. The molecule has 2 atom stereocenters. The molecule has 0 radical (unpaired) electrons. The van der Waals surface area contributed by atoms with Gasteiger partial charge in [-0.25, -0.2) is 0 Å². The van der Waals surface area contributed by atoms with Crippen LogP contribution in [0.5, 0.6) is 0 Å². The van der Waals surface area contributed by atoms with E-state index in [0.29, 0.717) is 32.7 Å². The number of thiophene rings is 1. The maximum absolute atomic E-state index is 13.6. The summed E-state index contributed by atoms with van der Waals surface area (Å²) in [6, 6.07) is 21.0. The van der Waals surface area contributed by atoms with Crippen LogP contribution in [-0.4, -0.2) is 65.8 Å². The van der Waals surface area contributed by atoms with Crippen molar-refractivity contribution in [1.29, 1.82) is 0 Å². The summed E-state index contributed by atoms with van der Waals surface area (Å²) in [7, 11) is 0. The molecule has 2 aliphatic heterocycles. The average molecular weight is 516 g/mol. The smallest absolute Gasteiger partial charge is 0.236 e. The normalized spacial score (nSPS) is 19.2. The molecule has 2 aromatic carbocycles. The van der Waals surface area contributed by atoms with E-state index in [9.17, 15) is 9.59 Å². The third kappa shape index (κ3) is 5.51. The summed E-state index contributed by atoms with van der Waals surface area (Å²) in [5.41, 5.74) is 4.97. The highest BCUT2D eigenvalue weighted by molar-refractivity contribution is 7.10. The van der Waals surface area contributed by atoms with Crippen LogP contribution in [0.15, 0.2) is 66.0 Å². The zero-order valence-corrected chi connectivity index (χ0v) is 22.8. The Morgan fingerprint density at radius 3 is 2.41 bits per heavy atom. The van der Waals surface area contributed by atoms with E-state index >= 15 is 0 Å². The van der Waals surface area contributed by atoms with E-state index in [-0.39, 0.29) is 23.8 Å². The minimum Gasteiger partial charge on any atom is -0.340 e. The Bertz CT molecular complexity index is 1220. The molecule has 2 aliphatic rings. The molecule has 5 nitrogen and oxygen atoms in total. The fraction of sp³-hybridized carbons (Fsp3) is 0.419. The van der Waals surface area contributed by atoms with Crippen molar-refractivity contribution in [2.24, 2.45) is 0 Å². The summed E-state index contributed by atoms with van der Waals surface area (Å²) in [5.74, 6) is 0.233. The Morgan fingerprint density at radius 2 is 1.62 bits per heavy atom. The van der Waals surface area contributed by atoms with Gasteiger partial charge in [-0.3, -0.25) is 14.5 Å². The minimum absolute atomic E-state index is 0.112. The Morgan fingerprint density at radius 1 is 0.892 bits per heavy atom.